The number of aromatic nitrogens is 1. The van der Waals surface area contributed by atoms with Gasteiger partial charge in [0.05, 0.1) is 18.2 Å². The second kappa shape index (κ2) is 9.67. The highest BCUT2D eigenvalue weighted by Gasteiger charge is 2.27. The van der Waals surface area contributed by atoms with Crippen molar-refractivity contribution in [3.63, 3.8) is 0 Å². The normalized spacial score (nSPS) is 17.8. The van der Waals surface area contributed by atoms with Crippen LogP contribution in [0.4, 0.5) is 0 Å². The van der Waals surface area contributed by atoms with E-state index in [2.05, 4.69) is 10.3 Å². The topological polar surface area (TPSA) is 62.3 Å². The summed E-state index contributed by atoms with van der Waals surface area (Å²) in [5, 5.41) is 2.81. The van der Waals surface area contributed by atoms with Crippen LogP contribution < -0.4 is 5.32 Å². The molecule has 1 aromatic heterocycles. The fourth-order valence-corrected chi connectivity index (χ4v) is 3.58. The van der Waals surface area contributed by atoms with E-state index in [4.69, 9.17) is 0 Å². The van der Waals surface area contributed by atoms with Crippen molar-refractivity contribution >= 4 is 23.6 Å². The molecule has 24 heavy (non-hydrogen) atoms. The van der Waals surface area contributed by atoms with E-state index in [0.717, 1.165) is 31.4 Å². The fraction of sp³-hybridized carbons (Fsp3) is 0.556. The van der Waals surface area contributed by atoms with Gasteiger partial charge in [0, 0.05) is 30.7 Å². The van der Waals surface area contributed by atoms with Gasteiger partial charge in [-0.3, -0.25) is 14.6 Å². The third-order valence-electron chi connectivity index (χ3n) is 3.94. The van der Waals surface area contributed by atoms with Crippen molar-refractivity contribution in [1.29, 1.82) is 0 Å². The number of rotatable bonds is 7. The highest BCUT2D eigenvalue weighted by Crippen LogP contribution is 2.30. The molecule has 1 radical (unpaired) electrons. The zero-order valence-corrected chi connectivity index (χ0v) is 15.2. The molecule has 1 N–H and O–H groups in total. The van der Waals surface area contributed by atoms with Crippen molar-refractivity contribution in [2.24, 2.45) is 0 Å². The van der Waals surface area contributed by atoms with Crippen LogP contribution in [-0.4, -0.2) is 45.8 Å². The summed E-state index contributed by atoms with van der Waals surface area (Å²) in [5.41, 5.74) is 1.11. The van der Waals surface area contributed by atoms with Gasteiger partial charge in [0.25, 0.3) is 0 Å². The van der Waals surface area contributed by atoms with Gasteiger partial charge in [0.2, 0.25) is 11.8 Å². The number of carbonyl (C=O) groups is 2. The first-order valence-corrected chi connectivity index (χ1v) is 9.64. The molecule has 0 aliphatic carbocycles. The first-order chi connectivity index (χ1) is 11.6. The number of likely N-dealkylation sites (tertiary alicyclic amines) is 1. The average Bonchev–Trinajstić information content (AvgIpc) is 2.58. The second-order valence-corrected chi connectivity index (χ2v) is 7.30. The van der Waals surface area contributed by atoms with Gasteiger partial charge in [-0.1, -0.05) is 6.07 Å². The number of nitrogens with one attached hydrogen (secondary N) is 1. The summed E-state index contributed by atoms with van der Waals surface area (Å²) in [5.74, 6) is 1.03. The summed E-state index contributed by atoms with van der Waals surface area (Å²) < 4.78 is 0. The number of nitrogens with zero attached hydrogens (tertiary/aromatic N) is 2. The Morgan fingerprint density at radius 3 is 3.00 bits per heavy atom. The minimum absolute atomic E-state index is 0.0730. The zero-order chi connectivity index (χ0) is 17.4. The van der Waals surface area contributed by atoms with E-state index in [1.54, 1.807) is 12.6 Å². The monoisotopic (exact) mass is 348 g/mol. The molecule has 1 aromatic rings. The van der Waals surface area contributed by atoms with Crippen LogP contribution in [0.15, 0.2) is 24.5 Å². The largest absolute Gasteiger partial charge is 0.354 e. The third kappa shape index (κ3) is 5.82. The van der Waals surface area contributed by atoms with Crippen LogP contribution in [0.2, 0.25) is 0 Å². The van der Waals surface area contributed by atoms with Gasteiger partial charge in [-0.25, -0.2) is 0 Å². The minimum Gasteiger partial charge on any atom is -0.354 e. The lowest BCUT2D eigenvalue weighted by Crippen LogP contribution is -2.39. The maximum atomic E-state index is 12.6. The molecule has 6 heteroatoms. The molecule has 1 aliphatic heterocycles. The number of amides is 2. The quantitative estimate of drug-likeness (QED) is 0.770. The Labute approximate surface area is 148 Å². The molecule has 131 valence electrons. The molecule has 0 bridgehead atoms. The lowest BCUT2D eigenvalue weighted by atomic mass is 9.96. The van der Waals surface area contributed by atoms with E-state index in [9.17, 15) is 9.59 Å². The molecule has 2 amide bonds. The van der Waals surface area contributed by atoms with Gasteiger partial charge < -0.3 is 10.2 Å². The minimum atomic E-state index is -0.0730. The van der Waals surface area contributed by atoms with Crippen LogP contribution in [-0.2, 0) is 9.59 Å². The average molecular weight is 348 g/mol. The van der Waals surface area contributed by atoms with Crippen LogP contribution in [0, 0.1) is 6.42 Å². The number of thioether (sulfide) groups is 1. The molecule has 1 saturated heterocycles. The highest BCUT2D eigenvalue weighted by atomic mass is 32.2. The summed E-state index contributed by atoms with van der Waals surface area (Å²) in [6.45, 7) is 4.66. The molecule has 2 rings (SSSR count). The first-order valence-electron chi connectivity index (χ1n) is 8.48. The van der Waals surface area contributed by atoms with Crippen LogP contribution in [0.3, 0.4) is 0 Å². The number of hydrogen-bond donors (Lipinski definition) is 1. The van der Waals surface area contributed by atoms with Crippen molar-refractivity contribution in [3.05, 3.63) is 36.5 Å². The van der Waals surface area contributed by atoms with Crippen LogP contribution >= 0.6 is 11.8 Å². The van der Waals surface area contributed by atoms with Crippen molar-refractivity contribution < 1.29 is 9.59 Å². The van der Waals surface area contributed by atoms with Crippen molar-refractivity contribution in [1.82, 2.24) is 15.2 Å². The van der Waals surface area contributed by atoms with Crippen LogP contribution in [0.25, 0.3) is 0 Å². The molecule has 2 heterocycles. The Morgan fingerprint density at radius 1 is 1.46 bits per heavy atom. The molecule has 1 atom stereocenters. The SMILES string of the molecule is CC(C)NC(=O)[CH]CSCC(=O)N1CCCCC1c1cccnc1. The van der Waals surface area contributed by atoms with Gasteiger partial charge in [-0.05, 0) is 44.7 Å². The Kier molecular flexibility index (Phi) is 7.56. The smallest absolute Gasteiger partial charge is 0.233 e. The summed E-state index contributed by atoms with van der Waals surface area (Å²) in [6.07, 6.45) is 8.40. The number of hydrogen-bond acceptors (Lipinski definition) is 4. The van der Waals surface area contributed by atoms with Gasteiger partial charge in [0.1, 0.15) is 0 Å². The Morgan fingerprint density at radius 2 is 2.29 bits per heavy atom. The van der Waals surface area contributed by atoms with E-state index in [-0.39, 0.29) is 23.9 Å². The summed E-state index contributed by atoms with van der Waals surface area (Å²) in [7, 11) is 0. The molecule has 0 aromatic carbocycles. The van der Waals surface area contributed by atoms with Gasteiger partial charge >= 0.3 is 0 Å². The van der Waals surface area contributed by atoms with Gasteiger partial charge in [-0.15, -0.1) is 0 Å². The lowest BCUT2D eigenvalue weighted by Gasteiger charge is -2.36. The van der Waals surface area contributed by atoms with Gasteiger partial charge in [-0.2, -0.15) is 11.8 Å². The molecular formula is C18H26N3O2S. The van der Waals surface area contributed by atoms with Crippen molar-refractivity contribution in [2.75, 3.05) is 18.1 Å². The number of piperidine rings is 1. The Bertz CT molecular complexity index is 536. The predicted molar refractivity (Wildman–Crippen MR) is 97.4 cm³/mol. The van der Waals surface area contributed by atoms with Gasteiger partial charge in [0.15, 0.2) is 0 Å². The van der Waals surface area contributed by atoms with E-state index in [1.807, 2.05) is 37.1 Å². The van der Waals surface area contributed by atoms with Crippen molar-refractivity contribution in [2.45, 2.75) is 45.2 Å². The maximum absolute atomic E-state index is 12.6. The molecule has 1 aliphatic rings. The Hall–Kier alpha value is -1.56. The van der Waals surface area contributed by atoms with Crippen LogP contribution in [0.1, 0.15) is 44.7 Å². The summed E-state index contributed by atoms with van der Waals surface area (Å²) in [4.78, 5) is 30.3. The van der Waals surface area contributed by atoms with E-state index in [0.29, 0.717) is 11.5 Å². The first kappa shape index (κ1) is 18.8. The lowest BCUT2D eigenvalue weighted by molar-refractivity contribution is -0.132. The number of pyridine rings is 1. The van der Waals surface area contributed by atoms with E-state index in [1.165, 1.54) is 11.8 Å². The second-order valence-electron chi connectivity index (χ2n) is 6.27. The van der Waals surface area contributed by atoms with Crippen LogP contribution in [0.5, 0.6) is 0 Å². The summed E-state index contributed by atoms with van der Waals surface area (Å²) in [6, 6.07) is 4.23. The molecule has 1 fully saturated rings. The zero-order valence-electron chi connectivity index (χ0n) is 14.4. The molecule has 5 nitrogen and oxygen atoms in total. The summed E-state index contributed by atoms with van der Waals surface area (Å²) >= 11 is 1.48. The Balaban J connectivity index is 1.80. The highest BCUT2D eigenvalue weighted by molar-refractivity contribution is 8.00. The molecule has 0 spiro atoms. The standard InChI is InChI=1S/C18H26N3O2S/c1-14(2)20-17(22)8-11-24-13-18(23)21-10-4-3-7-16(21)15-6-5-9-19-12-15/h5-6,8-9,12,14,16H,3-4,7,10-11,13H2,1-2H3,(H,20,22). The van der Waals surface area contributed by atoms with E-state index < -0.39 is 0 Å². The van der Waals surface area contributed by atoms with E-state index >= 15 is 0 Å². The number of carbonyl (C=O) groups excluding carboxylic acids is 2. The molecule has 1 unspecified atom stereocenters. The maximum Gasteiger partial charge on any atom is 0.233 e. The van der Waals surface area contributed by atoms with Crippen molar-refractivity contribution in [3.8, 4) is 0 Å². The fourth-order valence-electron chi connectivity index (χ4n) is 2.86. The third-order valence-corrected chi connectivity index (χ3v) is 4.79. The molecule has 0 saturated carbocycles. The predicted octanol–water partition coefficient (Wildman–Crippen LogP) is 2.60. The molecular weight excluding hydrogens is 322 g/mol.